The number of hydrogen-bond donors (Lipinski definition) is 2. The monoisotopic (exact) mass is 447 g/mol. The van der Waals surface area contributed by atoms with Gasteiger partial charge in [0, 0.05) is 49.9 Å². The first-order valence-corrected chi connectivity index (χ1v) is 12.1. The number of carbonyl (C=O) groups is 1. The van der Waals surface area contributed by atoms with Gasteiger partial charge in [0.1, 0.15) is 5.75 Å². The first-order chi connectivity index (χ1) is 16.0. The maximum atomic E-state index is 12.2. The van der Waals surface area contributed by atoms with Crippen molar-refractivity contribution in [2.24, 2.45) is 0 Å². The Balaban J connectivity index is 1.25. The summed E-state index contributed by atoms with van der Waals surface area (Å²) in [6.45, 7) is 0. The molecule has 1 aromatic carbocycles. The summed E-state index contributed by atoms with van der Waals surface area (Å²) in [4.78, 5) is 16.2. The lowest BCUT2D eigenvalue weighted by Crippen LogP contribution is -2.54. The van der Waals surface area contributed by atoms with E-state index in [1.54, 1.807) is 23.1 Å². The Morgan fingerprint density at radius 1 is 1.03 bits per heavy atom. The van der Waals surface area contributed by atoms with Gasteiger partial charge in [-0.05, 0) is 74.4 Å². The average molecular weight is 448 g/mol. The maximum Gasteiger partial charge on any atom is 0.246 e. The van der Waals surface area contributed by atoms with E-state index < -0.39 is 0 Å². The molecule has 0 unspecified atom stereocenters. The standard InChI is InChI=1S/C26H33N5O2/c1-30(21-15-18-4-3-5-19(16-21)27-18)25-12-11-23(28-29-25)22-10-6-17(14-24(22)32)7-13-26(33)31(2)20-8-9-20/h6-7,10-14,18-21,27,32H,3-5,8-9,15-16H2,1-2H3/b13-7+/t18-,19+,21-. The van der Waals surface area contributed by atoms with Gasteiger partial charge >= 0.3 is 0 Å². The predicted molar refractivity (Wildman–Crippen MR) is 130 cm³/mol. The molecule has 3 heterocycles. The van der Waals surface area contributed by atoms with Crippen molar-refractivity contribution >= 4 is 17.8 Å². The Kier molecular flexibility index (Phi) is 6.06. The van der Waals surface area contributed by atoms with Crippen molar-refractivity contribution in [1.82, 2.24) is 20.4 Å². The number of amides is 1. The molecule has 3 fully saturated rings. The van der Waals surface area contributed by atoms with E-state index in [4.69, 9.17) is 0 Å². The van der Waals surface area contributed by atoms with E-state index in [0.29, 0.717) is 35.4 Å². The lowest BCUT2D eigenvalue weighted by molar-refractivity contribution is -0.125. The maximum absolute atomic E-state index is 12.2. The van der Waals surface area contributed by atoms with Gasteiger partial charge in [0.25, 0.3) is 0 Å². The van der Waals surface area contributed by atoms with Crippen LogP contribution >= 0.6 is 0 Å². The molecule has 2 bridgehead atoms. The van der Waals surface area contributed by atoms with Gasteiger partial charge in [0.05, 0.1) is 5.69 Å². The number of phenolic OH excluding ortho intramolecular Hbond substituents is 1. The largest absolute Gasteiger partial charge is 0.507 e. The molecule has 1 saturated carbocycles. The zero-order chi connectivity index (χ0) is 22.9. The summed E-state index contributed by atoms with van der Waals surface area (Å²) in [5, 5.41) is 23.2. The molecule has 33 heavy (non-hydrogen) atoms. The van der Waals surface area contributed by atoms with Crippen LogP contribution in [0.5, 0.6) is 5.75 Å². The van der Waals surface area contributed by atoms with Gasteiger partial charge in [-0.15, -0.1) is 10.2 Å². The van der Waals surface area contributed by atoms with Gasteiger partial charge in [-0.1, -0.05) is 12.5 Å². The fourth-order valence-electron chi connectivity index (χ4n) is 5.19. The van der Waals surface area contributed by atoms with E-state index in [9.17, 15) is 9.90 Å². The summed E-state index contributed by atoms with van der Waals surface area (Å²) >= 11 is 0. The van der Waals surface area contributed by atoms with Gasteiger partial charge < -0.3 is 20.2 Å². The Hall–Kier alpha value is -2.93. The summed E-state index contributed by atoms with van der Waals surface area (Å²) in [6, 6.07) is 11.4. The number of aromatic nitrogens is 2. The van der Waals surface area contributed by atoms with Crippen LogP contribution in [-0.2, 0) is 4.79 Å². The van der Waals surface area contributed by atoms with Crippen LogP contribution in [-0.4, -0.2) is 64.4 Å². The molecule has 3 aliphatic rings. The molecule has 1 amide bonds. The van der Waals surface area contributed by atoms with Crippen LogP contribution < -0.4 is 10.2 Å². The number of aromatic hydroxyl groups is 1. The van der Waals surface area contributed by atoms with Crippen LogP contribution in [0.2, 0.25) is 0 Å². The molecule has 2 aliphatic heterocycles. The molecule has 1 aliphatic carbocycles. The quantitative estimate of drug-likeness (QED) is 0.659. The van der Waals surface area contributed by atoms with Crippen LogP contribution in [0.25, 0.3) is 17.3 Å². The lowest BCUT2D eigenvalue weighted by Gasteiger charge is -2.43. The van der Waals surface area contributed by atoms with Crippen LogP contribution in [0.15, 0.2) is 36.4 Å². The van der Waals surface area contributed by atoms with Crippen molar-refractivity contribution in [2.75, 3.05) is 19.0 Å². The van der Waals surface area contributed by atoms with Crippen molar-refractivity contribution in [1.29, 1.82) is 0 Å². The van der Waals surface area contributed by atoms with Gasteiger partial charge in [0.15, 0.2) is 5.82 Å². The Morgan fingerprint density at radius 2 is 1.79 bits per heavy atom. The fourth-order valence-corrected chi connectivity index (χ4v) is 5.19. The number of likely N-dealkylation sites (N-methyl/N-ethyl adjacent to an activating group) is 1. The number of nitrogens with one attached hydrogen (secondary N) is 1. The zero-order valence-electron chi connectivity index (χ0n) is 19.4. The number of carbonyl (C=O) groups excluding carboxylic acids is 1. The van der Waals surface area contributed by atoms with Gasteiger partial charge in [-0.3, -0.25) is 4.79 Å². The van der Waals surface area contributed by atoms with Crippen molar-refractivity contribution in [3.8, 4) is 17.0 Å². The molecule has 2 saturated heterocycles. The van der Waals surface area contributed by atoms with Crippen LogP contribution in [0.4, 0.5) is 5.82 Å². The second kappa shape index (κ2) is 9.14. The van der Waals surface area contributed by atoms with Crippen molar-refractivity contribution in [3.05, 3.63) is 42.0 Å². The summed E-state index contributed by atoms with van der Waals surface area (Å²) in [6.07, 6.45) is 11.6. The normalized spacial score (nSPS) is 24.6. The summed E-state index contributed by atoms with van der Waals surface area (Å²) in [5.41, 5.74) is 2.04. The highest BCUT2D eigenvalue weighted by molar-refractivity contribution is 5.92. The number of rotatable bonds is 6. The van der Waals surface area contributed by atoms with E-state index in [2.05, 4.69) is 27.5 Å². The second-order valence-electron chi connectivity index (χ2n) is 9.79. The number of benzene rings is 1. The van der Waals surface area contributed by atoms with E-state index in [1.165, 1.54) is 19.3 Å². The van der Waals surface area contributed by atoms with E-state index >= 15 is 0 Å². The van der Waals surface area contributed by atoms with Gasteiger partial charge in [-0.25, -0.2) is 0 Å². The minimum Gasteiger partial charge on any atom is -0.507 e. The smallest absolute Gasteiger partial charge is 0.246 e. The molecular weight excluding hydrogens is 414 g/mol. The van der Waals surface area contributed by atoms with E-state index in [-0.39, 0.29) is 11.7 Å². The predicted octanol–water partition coefficient (Wildman–Crippen LogP) is 3.59. The van der Waals surface area contributed by atoms with Gasteiger partial charge in [0.2, 0.25) is 5.91 Å². The average Bonchev–Trinajstić information content (AvgIpc) is 3.67. The minimum absolute atomic E-state index is 0.0102. The Morgan fingerprint density at radius 3 is 2.42 bits per heavy atom. The Labute approximate surface area is 195 Å². The van der Waals surface area contributed by atoms with Crippen LogP contribution in [0.3, 0.4) is 0 Å². The number of hydrogen-bond acceptors (Lipinski definition) is 6. The lowest BCUT2D eigenvalue weighted by atomic mass is 9.83. The van der Waals surface area contributed by atoms with Crippen molar-refractivity contribution in [3.63, 3.8) is 0 Å². The topological polar surface area (TPSA) is 81.6 Å². The number of anilines is 1. The molecular formula is C26H33N5O2. The molecule has 7 nitrogen and oxygen atoms in total. The van der Waals surface area contributed by atoms with E-state index in [1.807, 2.05) is 31.3 Å². The first-order valence-electron chi connectivity index (χ1n) is 12.1. The van der Waals surface area contributed by atoms with Crippen LogP contribution in [0, 0.1) is 0 Å². The second-order valence-corrected chi connectivity index (χ2v) is 9.79. The van der Waals surface area contributed by atoms with Crippen molar-refractivity contribution < 1.29 is 9.90 Å². The summed E-state index contributed by atoms with van der Waals surface area (Å²) < 4.78 is 0. The Bertz CT molecular complexity index is 1020. The molecule has 174 valence electrons. The molecule has 2 aromatic rings. The molecule has 2 N–H and O–H groups in total. The number of phenols is 1. The third kappa shape index (κ3) is 4.88. The molecule has 1 aromatic heterocycles. The highest BCUT2D eigenvalue weighted by Crippen LogP contribution is 2.32. The van der Waals surface area contributed by atoms with Crippen molar-refractivity contribution in [2.45, 2.75) is 69.1 Å². The third-order valence-corrected chi connectivity index (χ3v) is 7.41. The molecule has 0 radical (unpaired) electrons. The number of piperidine rings is 2. The number of fused-ring (bicyclic) bond motifs is 2. The summed E-state index contributed by atoms with van der Waals surface area (Å²) in [7, 11) is 3.94. The molecule has 0 spiro atoms. The van der Waals surface area contributed by atoms with Gasteiger partial charge in [-0.2, -0.15) is 0 Å². The first kappa shape index (κ1) is 21.9. The highest BCUT2D eigenvalue weighted by atomic mass is 16.3. The zero-order valence-corrected chi connectivity index (χ0v) is 19.4. The molecule has 7 heteroatoms. The molecule has 3 atom stereocenters. The van der Waals surface area contributed by atoms with E-state index in [0.717, 1.165) is 37.1 Å². The fraction of sp³-hybridized carbons (Fsp3) is 0.500. The molecule has 5 rings (SSSR count). The SMILES string of the molecule is CN(C(=O)/C=C/c1ccc(-c2ccc(N(C)[C@@H]3C[C@H]4CCC[C@@H](C3)N4)nn2)c(O)c1)C1CC1. The number of nitrogens with zero attached hydrogens (tertiary/aromatic N) is 4. The highest BCUT2D eigenvalue weighted by Gasteiger charge is 2.33. The minimum atomic E-state index is -0.0102. The third-order valence-electron chi connectivity index (χ3n) is 7.41. The summed E-state index contributed by atoms with van der Waals surface area (Å²) in [5.74, 6) is 0.979. The van der Waals surface area contributed by atoms with Crippen LogP contribution in [0.1, 0.15) is 50.5 Å².